The fourth-order valence-corrected chi connectivity index (χ4v) is 1.93. The van der Waals surface area contributed by atoms with Gasteiger partial charge in [-0.1, -0.05) is 11.6 Å². The highest BCUT2D eigenvalue weighted by atomic mass is 35.5. The molecule has 2 aromatic rings. The number of nitrogens with one attached hydrogen (secondary N) is 1. The maximum Gasteiger partial charge on any atom is 0.335 e. The molecule has 1 heterocycles. The van der Waals surface area contributed by atoms with Crippen LogP contribution in [0.25, 0.3) is 5.69 Å². The average molecular weight is 267 g/mol. The summed E-state index contributed by atoms with van der Waals surface area (Å²) >= 11 is 5.83. The van der Waals surface area contributed by atoms with E-state index < -0.39 is 11.2 Å². The lowest BCUT2D eigenvalue weighted by atomic mass is 10.2. The molecule has 0 fully saturated rings. The molecule has 6 heteroatoms. The SMILES string of the molecule is Cc1cc(Cl)ccc1-n1c(O)c(C)c(=O)[nH]c1=O. The molecule has 0 amide bonds. The van der Waals surface area contributed by atoms with Gasteiger partial charge >= 0.3 is 5.69 Å². The van der Waals surface area contributed by atoms with E-state index in [1.807, 2.05) is 0 Å². The molecule has 0 bridgehead atoms. The fraction of sp³-hybridized carbons (Fsp3) is 0.167. The Morgan fingerprint density at radius 1 is 1.28 bits per heavy atom. The van der Waals surface area contributed by atoms with E-state index in [9.17, 15) is 14.7 Å². The van der Waals surface area contributed by atoms with Crippen LogP contribution >= 0.6 is 11.6 Å². The van der Waals surface area contributed by atoms with E-state index in [1.54, 1.807) is 25.1 Å². The molecule has 1 aromatic carbocycles. The van der Waals surface area contributed by atoms with Crippen LogP contribution in [0.2, 0.25) is 5.02 Å². The number of rotatable bonds is 1. The number of benzene rings is 1. The molecule has 0 radical (unpaired) electrons. The number of H-pyrrole nitrogens is 1. The third kappa shape index (κ3) is 1.93. The van der Waals surface area contributed by atoms with Gasteiger partial charge in [-0.3, -0.25) is 9.78 Å². The molecular weight excluding hydrogens is 256 g/mol. The molecule has 0 spiro atoms. The Labute approximate surface area is 107 Å². The summed E-state index contributed by atoms with van der Waals surface area (Å²) in [6, 6.07) is 4.88. The molecule has 0 aliphatic rings. The van der Waals surface area contributed by atoms with Crippen LogP contribution in [0.1, 0.15) is 11.1 Å². The van der Waals surface area contributed by atoms with E-state index in [-0.39, 0.29) is 11.4 Å². The van der Waals surface area contributed by atoms with Gasteiger partial charge in [-0.2, -0.15) is 0 Å². The zero-order valence-electron chi connectivity index (χ0n) is 9.82. The molecule has 2 N–H and O–H groups in total. The van der Waals surface area contributed by atoms with Crippen molar-refractivity contribution >= 4 is 11.6 Å². The van der Waals surface area contributed by atoms with Crippen LogP contribution in [-0.2, 0) is 0 Å². The number of aromatic amines is 1. The van der Waals surface area contributed by atoms with E-state index in [4.69, 9.17) is 11.6 Å². The van der Waals surface area contributed by atoms with Gasteiger partial charge in [0.05, 0.1) is 11.3 Å². The lowest BCUT2D eigenvalue weighted by Gasteiger charge is -2.12. The minimum absolute atomic E-state index is 0.0870. The van der Waals surface area contributed by atoms with Crippen molar-refractivity contribution in [2.75, 3.05) is 0 Å². The highest BCUT2D eigenvalue weighted by Gasteiger charge is 2.13. The normalized spacial score (nSPS) is 10.6. The van der Waals surface area contributed by atoms with Crippen LogP contribution in [0.4, 0.5) is 0 Å². The van der Waals surface area contributed by atoms with Crippen molar-refractivity contribution in [2.24, 2.45) is 0 Å². The summed E-state index contributed by atoms with van der Waals surface area (Å²) in [6.07, 6.45) is 0. The van der Waals surface area contributed by atoms with Crippen LogP contribution in [0, 0.1) is 13.8 Å². The van der Waals surface area contributed by atoms with E-state index in [0.717, 1.165) is 4.57 Å². The Bertz CT molecular complexity index is 731. The topological polar surface area (TPSA) is 75.1 Å². The standard InChI is InChI=1S/C12H11ClN2O3/c1-6-5-8(13)3-4-9(6)15-11(17)7(2)10(16)14-12(15)18/h3-5,17H,1-2H3,(H,14,16,18). The molecule has 0 aliphatic carbocycles. The fourth-order valence-electron chi connectivity index (χ4n) is 1.71. The molecular formula is C12H11ClN2O3. The molecule has 18 heavy (non-hydrogen) atoms. The summed E-state index contributed by atoms with van der Waals surface area (Å²) in [5, 5.41) is 10.4. The van der Waals surface area contributed by atoms with Crippen molar-refractivity contribution in [1.82, 2.24) is 9.55 Å². The van der Waals surface area contributed by atoms with Crippen molar-refractivity contribution in [3.8, 4) is 11.6 Å². The van der Waals surface area contributed by atoms with Crippen LogP contribution < -0.4 is 11.2 Å². The summed E-state index contributed by atoms with van der Waals surface area (Å²) in [4.78, 5) is 25.2. The number of aromatic nitrogens is 2. The summed E-state index contributed by atoms with van der Waals surface area (Å²) in [5.41, 5.74) is -0.00885. The second-order valence-corrected chi connectivity index (χ2v) is 4.41. The largest absolute Gasteiger partial charge is 0.494 e. The summed E-state index contributed by atoms with van der Waals surface area (Å²) in [5.74, 6) is -0.367. The molecule has 94 valence electrons. The predicted molar refractivity (Wildman–Crippen MR) is 68.8 cm³/mol. The van der Waals surface area contributed by atoms with Gasteiger partial charge < -0.3 is 5.11 Å². The summed E-state index contributed by atoms with van der Waals surface area (Å²) < 4.78 is 1.04. The van der Waals surface area contributed by atoms with E-state index in [2.05, 4.69) is 4.98 Å². The Hall–Kier alpha value is -2.01. The van der Waals surface area contributed by atoms with Crippen LogP contribution in [0.15, 0.2) is 27.8 Å². The first kappa shape index (κ1) is 12.4. The van der Waals surface area contributed by atoms with Crippen molar-refractivity contribution in [2.45, 2.75) is 13.8 Å². The molecule has 1 aromatic heterocycles. The molecule has 0 unspecified atom stereocenters. The Balaban J connectivity index is 2.84. The summed E-state index contributed by atoms with van der Waals surface area (Å²) in [7, 11) is 0. The second-order valence-electron chi connectivity index (χ2n) is 3.97. The van der Waals surface area contributed by atoms with Gasteiger partial charge in [-0.25, -0.2) is 9.36 Å². The smallest absolute Gasteiger partial charge is 0.335 e. The van der Waals surface area contributed by atoms with Crippen molar-refractivity contribution in [3.63, 3.8) is 0 Å². The van der Waals surface area contributed by atoms with Crippen molar-refractivity contribution in [3.05, 3.63) is 55.2 Å². The maximum atomic E-state index is 11.8. The molecule has 0 saturated carbocycles. The van der Waals surface area contributed by atoms with Gasteiger partial charge in [0.1, 0.15) is 0 Å². The zero-order chi connectivity index (χ0) is 13.4. The number of nitrogens with zero attached hydrogens (tertiary/aromatic N) is 1. The van der Waals surface area contributed by atoms with E-state index in [0.29, 0.717) is 16.3 Å². The molecule has 0 atom stereocenters. The first-order valence-corrected chi connectivity index (χ1v) is 5.61. The Kier molecular flexibility index (Phi) is 3.00. The minimum atomic E-state index is -0.687. The maximum absolute atomic E-state index is 11.8. The average Bonchev–Trinajstić information content (AvgIpc) is 2.29. The van der Waals surface area contributed by atoms with E-state index >= 15 is 0 Å². The number of aryl methyl sites for hydroxylation is 1. The number of aromatic hydroxyl groups is 1. The first-order chi connectivity index (χ1) is 8.41. The second kappa shape index (κ2) is 4.34. The van der Waals surface area contributed by atoms with Gasteiger partial charge in [0, 0.05) is 5.02 Å². The van der Waals surface area contributed by atoms with Crippen LogP contribution in [0.5, 0.6) is 5.88 Å². The third-order valence-corrected chi connectivity index (χ3v) is 2.95. The lowest BCUT2D eigenvalue weighted by Crippen LogP contribution is -2.30. The summed E-state index contributed by atoms with van der Waals surface area (Å²) in [6.45, 7) is 3.20. The van der Waals surface area contributed by atoms with Crippen LogP contribution in [0.3, 0.4) is 0 Å². The quantitative estimate of drug-likeness (QED) is 0.821. The van der Waals surface area contributed by atoms with Crippen molar-refractivity contribution in [1.29, 1.82) is 0 Å². The molecule has 0 aliphatic heterocycles. The predicted octanol–water partition coefficient (Wildman–Crippen LogP) is 1.50. The van der Waals surface area contributed by atoms with E-state index in [1.165, 1.54) is 6.92 Å². The van der Waals surface area contributed by atoms with Gasteiger partial charge in [0.25, 0.3) is 5.56 Å². The lowest BCUT2D eigenvalue weighted by molar-refractivity contribution is 0.426. The zero-order valence-corrected chi connectivity index (χ0v) is 10.6. The van der Waals surface area contributed by atoms with Gasteiger partial charge in [0.2, 0.25) is 5.88 Å². The highest BCUT2D eigenvalue weighted by Crippen LogP contribution is 2.21. The number of hydrogen-bond donors (Lipinski definition) is 2. The number of halogens is 1. The number of hydrogen-bond acceptors (Lipinski definition) is 3. The third-order valence-electron chi connectivity index (χ3n) is 2.71. The minimum Gasteiger partial charge on any atom is -0.494 e. The molecule has 2 rings (SSSR count). The highest BCUT2D eigenvalue weighted by molar-refractivity contribution is 6.30. The Morgan fingerprint density at radius 3 is 2.56 bits per heavy atom. The van der Waals surface area contributed by atoms with Gasteiger partial charge in [-0.05, 0) is 37.6 Å². The first-order valence-electron chi connectivity index (χ1n) is 5.23. The van der Waals surface area contributed by atoms with Crippen LogP contribution in [-0.4, -0.2) is 14.7 Å². The molecule has 5 nitrogen and oxygen atoms in total. The Morgan fingerprint density at radius 2 is 1.94 bits per heavy atom. The van der Waals surface area contributed by atoms with Crippen molar-refractivity contribution < 1.29 is 5.11 Å². The monoisotopic (exact) mass is 266 g/mol. The molecule has 0 saturated heterocycles. The van der Waals surface area contributed by atoms with Gasteiger partial charge in [0.15, 0.2) is 0 Å². The van der Waals surface area contributed by atoms with Gasteiger partial charge in [-0.15, -0.1) is 0 Å².